The van der Waals surface area contributed by atoms with Crippen LogP contribution in [0.1, 0.15) is 0 Å². The first kappa shape index (κ1) is 9.90. The van der Waals surface area contributed by atoms with Crippen molar-refractivity contribution in [1.29, 1.82) is 0 Å². The molecule has 2 heteroatoms. The van der Waals surface area contributed by atoms with Gasteiger partial charge in [-0.2, -0.15) is 0 Å². The third-order valence-corrected chi connectivity index (χ3v) is 0. The molecule has 1 nitrogen and oxygen atoms in total. The van der Waals surface area contributed by atoms with Gasteiger partial charge >= 0.3 is 23.9 Å². The fraction of sp³-hybridized carbons (Fsp3) is 1.00. The van der Waals surface area contributed by atoms with Gasteiger partial charge in [0.05, 0.1) is 28.2 Å². The maximum Gasteiger partial charge on any atom is 4.00 e. The average molecular weight is 193 g/mol. The van der Waals surface area contributed by atoms with E-state index in [1.165, 1.54) is 0 Å². The summed E-state index contributed by atoms with van der Waals surface area (Å²) in [5, 5.41) is 0. The molecule has 0 rings (SSSR count). The van der Waals surface area contributed by atoms with Crippen molar-refractivity contribution in [2.75, 3.05) is 28.2 Å². The SMILES string of the molecule is C[N+](C)(C)C.[Sn+4]. The first-order valence-electron chi connectivity index (χ1n) is 1.79. The summed E-state index contributed by atoms with van der Waals surface area (Å²) in [7, 11) is 8.50. The van der Waals surface area contributed by atoms with Crippen LogP contribution in [0.2, 0.25) is 0 Å². The van der Waals surface area contributed by atoms with Gasteiger partial charge in [0, 0.05) is 0 Å². The molecule has 0 N–H and O–H groups in total. The van der Waals surface area contributed by atoms with Crippen LogP contribution in [0.5, 0.6) is 0 Å². The smallest absolute Gasteiger partial charge is 0.333 e. The van der Waals surface area contributed by atoms with E-state index in [2.05, 4.69) is 28.2 Å². The van der Waals surface area contributed by atoms with Crippen LogP contribution in [0.15, 0.2) is 0 Å². The summed E-state index contributed by atoms with van der Waals surface area (Å²) < 4.78 is 1.00. The predicted molar refractivity (Wildman–Crippen MR) is 29.7 cm³/mol. The van der Waals surface area contributed by atoms with Gasteiger partial charge in [0.25, 0.3) is 0 Å². The van der Waals surface area contributed by atoms with Crippen molar-refractivity contribution < 1.29 is 4.48 Å². The molecule has 0 radical (unpaired) electrons. The average Bonchev–Trinajstić information content (AvgIpc) is 0.722. The van der Waals surface area contributed by atoms with Crippen LogP contribution >= 0.6 is 0 Å². The molecule has 0 heterocycles. The summed E-state index contributed by atoms with van der Waals surface area (Å²) in [6.45, 7) is 0. The summed E-state index contributed by atoms with van der Waals surface area (Å²) in [5.41, 5.74) is 0. The van der Waals surface area contributed by atoms with Gasteiger partial charge < -0.3 is 4.48 Å². The van der Waals surface area contributed by atoms with Gasteiger partial charge in [0.15, 0.2) is 0 Å². The van der Waals surface area contributed by atoms with E-state index >= 15 is 0 Å². The Morgan fingerprint density at radius 2 is 0.833 bits per heavy atom. The van der Waals surface area contributed by atoms with Crippen LogP contribution in [0.25, 0.3) is 0 Å². The minimum atomic E-state index is 0. The number of quaternary nitrogens is 1. The summed E-state index contributed by atoms with van der Waals surface area (Å²) in [4.78, 5) is 0. The Hall–Kier alpha value is 0.759. The molecule has 0 aliphatic rings. The molecule has 0 atom stereocenters. The molecule has 0 fully saturated rings. The molecule has 0 amide bonds. The zero-order chi connectivity index (χ0) is 4.50. The molecule has 0 saturated carbocycles. The Labute approximate surface area is 56.9 Å². The number of nitrogens with zero attached hydrogens (tertiary/aromatic N) is 1. The maximum atomic E-state index is 2.12. The third-order valence-electron chi connectivity index (χ3n) is 0. The Morgan fingerprint density at radius 1 is 0.833 bits per heavy atom. The van der Waals surface area contributed by atoms with Crippen molar-refractivity contribution >= 4 is 23.9 Å². The number of hydrogen-bond acceptors (Lipinski definition) is 0. The minimum absolute atomic E-state index is 0. The number of hydrogen-bond donors (Lipinski definition) is 0. The van der Waals surface area contributed by atoms with Crippen LogP contribution in [-0.2, 0) is 0 Å². The molecule has 0 bridgehead atoms. The molecule has 0 aliphatic carbocycles. The van der Waals surface area contributed by atoms with Crippen molar-refractivity contribution in [3.05, 3.63) is 0 Å². The first-order valence-corrected chi connectivity index (χ1v) is 1.79. The van der Waals surface area contributed by atoms with E-state index in [9.17, 15) is 0 Å². The molecular weight excluding hydrogens is 181 g/mol. The molecule has 6 heavy (non-hydrogen) atoms. The van der Waals surface area contributed by atoms with Gasteiger partial charge in [-0.25, -0.2) is 0 Å². The van der Waals surface area contributed by atoms with Gasteiger partial charge in [0.2, 0.25) is 0 Å². The van der Waals surface area contributed by atoms with E-state index in [0.29, 0.717) is 0 Å². The van der Waals surface area contributed by atoms with Crippen LogP contribution in [0.4, 0.5) is 0 Å². The zero-order valence-electron chi connectivity index (χ0n) is 4.95. The van der Waals surface area contributed by atoms with Crippen LogP contribution in [0, 0.1) is 0 Å². The second-order valence-corrected chi connectivity index (χ2v) is 2.68. The van der Waals surface area contributed by atoms with E-state index < -0.39 is 0 Å². The molecule has 0 aromatic heterocycles. The molecule has 0 spiro atoms. The second kappa shape index (κ2) is 2.85. The first-order chi connectivity index (χ1) is 2.00. The monoisotopic (exact) mass is 194 g/mol. The van der Waals surface area contributed by atoms with Gasteiger partial charge in [-0.05, 0) is 0 Å². The fourth-order valence-electron chi connectivity index (χ4n) is 0. The molecule has 0 aromatic carbocycles. The summed E-state index contributed by atoms with van der Waals surface area (Å²) in [6, 6.07) is 0. The van der Waals surface area contributed by atoms with Gasteiger partial charge in [0.1, 0.15) is 0 Å². The Kier molecular flexibility index (Phi) is 4.71. The summed E-state index contributed by atoms with van der Waals surface area (Å²) in [6.07, 6.45) is 0. The molecule has 0 aromatic rings. The van der Waals surface area contributed by atoms with E-state index in [0.717, 1.165) is 4.48 Å². The third kappa shape index (κ3) is 117. The van der Waals surface area contributed by atoms with Crippen molar-refractivity contribution in [2.45, 2.75) is 0 Å². The molecule has 0 saturated heterocycles. The zero-order valence-corrected chi connectivity index (χ0v) is 7.80. The predicted octanol–water partition coefficient (Wildman–Crippen LogP) is -0.0584. The quantitative estimate of drug-likeness (QED) is 0.373. The molecule has 32 valence electrons. The minimum Gasteiger partial charge on any atom is -0.333 e. The van der Waals surface area contributed by atoms with Crippen molar-refractivity contribution in [2.24, 2.45) is 0 Å². The second-order valence-electron chi connectivity index (χ2n) is 2.68. The van der Waals surface area contributed by atoms with Crippen molar-refractivity contribution in [1.82, 2.24) is 0 Å². The normalized spacial score (nSPS) is 10.0. The fourth-order valence-corrected chi connectivity index (χ4v) is 0. The Morgan fingerprint density at radius 3 is 0.833 bits per heavy atom. The van der Waals surface area contributed by atoms with E-state index in [1.54, 1.807) is 0 Å². The van der Waals surface area contributed by atoms with E-state index in [4.69, 9.17) is 0 Å². The largest absolute Gasteiger partial charge is 4.00 e. The summed E-state index contributed by atoms with van der Waals surface area (Å²) in [5.74, 6) is 0. The summed E-state index contributed by atoms with van der Waals surface area (Å²) >= 11 is 0. The van der Waals surface area contributed by atoms with Crippen LogP contribution in [0.3, 0.4) is 0 Å². The van der Waals surface area contributed by atoms with Crippen LogP contribution < -0.4 is 0 Å². The molecule has 0 unspecified atom stereocenters. The number of rotatable bonds is 0. The molecular formula is C4H12NSn+5. The maximum absolute atomic E-state index is 2.12. The topological polar surface area (TPSA) is 0 Å². The van der Waals surface area contributed by atoms with E-state index in [1.807, 2.05) is 0 Å². The van der Waals surface area contributed by atoms with Gasteiger partial charge in [-0.15, -0.1) is 0 Å². The Balaban J connectivity index is 0. The van der Waals surface area contributed by atoms with Crippen molar-refractivity contribution in [3.8, 4) is 0 Å². The van der Waals surface area contributed by atoms with Crippen LogP contribution in [-0.4, -0.2) is 56.6 Å². The van der Waals surface area contributed by atoms with Gasteiger partial charge in [-0.1, -0.05) is 0 Å². The molecule has 0 aliphatic heterocycles. The standard InChI is InChI=1S/C4H12N.Sn/c1-5(2,3)4;/h1-4H3;/q+1;+4. The van der Waals surface area contributed by atoms with Crippen molar-refractivity contribution in [3.63, 3.8) is 0 Å². The van der Waals surface area contributed by atoms with Gasteiger partial charge in [-0.3, -0.25) is 0 Å². The van der Waals surface area contributed by atoms with E-state index in [-0.39, 0.29) is 23.9 Å². The Bertz CT molecular complexity index is 23.0.